The summed E-state index contributed by atoms with van der Waals surface area (Å²) in [7, 11) is 0. The van der Waals surface area contributed by atoms with E-state index in [1.54, 1.807) is 6.07 Å². The molecule has 5 heteroatoms. The molecule has 1 N–H and O–H groups in total. The van der Waals surface area contributed by atoms with Crippen LogP contribution in [0.3, 0.4) is 0 Å². The van der Waals surface area contributed by atoms with Crippen molar-refractivity contribution in [3.05, 3.63) is 41.4 Å². The van der Waals surface area contributed by atoms with Crippen molar-refractivity contribution in [2.75, 3.05) is 11.9 Å². The van der Waals surface area contributed by atoms with Gasteiger partial charge in [0.1, 0.15) is 0 Å². The molecule has 0 fully saturated rings. The smallest absolute Gasteiger partial charge is 0.381 e. The normalized spacial score (nSPS) is 12.0. The summed E-state index contributed by atoms with van der Waals surface area (Å²) in [6.45, 7) is 0.261. The van der Waals surface area contributed by atoms with Gasteiger partial charge >= 0.3 is 6.18 Å². The Labute approximate surface area is 90.6 Å². The maximum atomic E-state index is 12.5. The average molecular weight is 236 g/mol. The second-order valence-electron chi connectivity index (χ2n) is 2.79. The SMILES string of the molecule is FC(F)(F)c1ccccc1NC/C=C/Cl. The van der Waals surface area contributed by atoms with Gasteiger partial charge < -0.3 is 5.32 Å². The predicted molar refractivity (Wildman–Crippen MR) is 54.9 cm³/mol. The first kappa shape index (κ1) is 11.9. The van der Waals surface area contributed by atoms with E-state index in [0.717, 1.165) is 6.07 Å². The van der Waals surface area contributed by atoms with Crippen LogP contribution in [0.2, 0.25) is 0 Å². The minimum absolute atomic E-state index is 0.0553. The Morgan fingerprint density at radius 2 is 1.93 bits per heavy atom. The first-order chi connectivity index (χ1) is 7.05. The Morgan fingerprint density at radius 3 is 2.53 bits per heavy atom. The van der Waals surface area contributed by atoms with Crippen LogP contribution in [0.25, 0.3) is 0 Å². The second kappa shape index (κ2) is 5.07. The van der Waals surface area contributed by atoms with Crippen molar-refractivity contribution in [3.63, 3.8) is 0 Å². The van der Waals surface area contributed by atoms with E-state index in [2.05, 4.69) is 5.32 Å². The van der Waals surface area contributed by atoms with E-state index >= 15 is 0 Å². The highest BCUT2D eigenvalue weighted by molar-refractivity contribution is 6.25. The number of benzene rings is 1. The highest BCUT2D eigenvalue weighted by Gasteiger charge is 2.32. The summed E-state index contributed by atoms with van der Waals surface area (Å²) < 4.78 is 37.4. The molecule has 0 spiro atoms. The number of hydrogen-bond donors (Lipinski definition) is 1. The maximum absolute atomic E-state index is 12.5. The van der Waals surface area contributed by atoms with Crippen molar-refractivity contribution in [2.24, 2.45) is 0 Å². The quantitative estimate of drug-likeness (QED) is 0.839. The largest absolute Gasteiger partial charge is 0.418 e. The number of halogens is 4. The highest BCUT2D eigenvalue weighted by atomic mass is 35.5. The lowest BCUT2D eigenvalue weighted by molar-refractivity contribution is -0.136. The van der Waals surface area contributed by atoms with Crippen molar-refractivity contribution < 1.29 is 13.2 Å². The minimum Gasteiger partial charge on any atom is -0.381 e. The summed E-state index contributed by atoms with van der Waals surface area (Å²) in [5, 5.41) is 2.63. The Morgan fingerprint density at radius 1 is 1.27 bits per heavy atom. The van der Waals surface area contributed by atoms with Gasteiger partial charge in [0.15, 0.2) is 0 Å². The average Bonchev–Trinajstić information content (AvgIpc) is 2.17. The second-order valence-corrected chi connectivity index (χ2v) is 3.04. The first-order valence-electron chi connectivity index (χ1n) is 4.21. The van der Waals surface area contributed by atoms with Crippen LogP contribution in [0.1, 0.15) is 5.56 Å². The Balaban J connectivity index is 2.87. The zero-order valence-electron chi connectivity index (χ0n) is 7.68. The molecular weight excluding hydrogens is 227 g/mol. The fourth-order valence-electron chi connectivity index (χ4n) is 1.10. The molecule has 0 amide bonds. The lowest BCUT2D eigenvalue weighted by Gasteiger charge is -2.12. The van der Waals surface area contributed by atoms with E-state index in [-0.39, 0.29) is 12.2 Å². The van der Waals surface area contributed by atoms with E-state index in [0.29, 0.717) is 0 Å². The summed E-state index contributed by atoms with van der Waals surface area (Å²) in [5.74, 6) is 0. The summed E-state index contributed by atoms with van der Waals surface area (Å²) >= 11 is 5.25. The topological polar surface area (TPSA) is 12.0 Å². The number of hydrogen-bond acceptors (Lipinski definition) is 1. The number of rotatable bonds is 3. The van der Waals surface area contributed by atoms with Gasteiger partial charge in [-0.2, -0.15) is 13.2 Å². The van der Waals surface area contributed by atoms with Crippen LogP contribution in [-0.4, -0.2) is 6.54 Å². The molecule has 0 heterocycles. The molecule has 0 saturated heterocycles. The van der Waals surface area contributed by atoms with E-state index in [9.17, 15) is 13.2 Å². The van der Waals surface area contributed by atoms with Gasteiger partial charge in [0.05, 0.1) is 5.56 Å². The molecule has 15 heavy (non-hydrogen) atoms. The zero-order chi connectivity index (χ0) is 11.3. The summed E-state index contributed by atoms with van der Waals surface area (Å²) in [6.07, 6.45) is -2.82. The van der Waals surface area contributed by atoms with Crippen LogP contribution in [0, 0.1) is 0 Å². The van der Waals surface area contributed by atoms with E-state index < -0.39 is 11.7 Å². The Bertz CT molecular complexity index is 347. The lowest BCUT2D eigenvalue weighted by Crippen LogP contribution is -2.10. The van der Waals surface area contributed by atoms with Crippen molar-refractivity contribution in [2.45, 2.75) is 6.18 Å². The van der Waals surface area contributed by atoms with E-state index in [1.165, 1.54) is 23.7 Å². The van der Waals surface area contributed by atoms with Gasteiger partial charge in [-0.3, -0.25) is 0 Å². The van der Waals surface area contributed by atoms with Gasteiger partial charge in [-0.25, -0.2) is 0 Å². The molecule has 1 aromatic carbocycles. The molecule has 0 aliphatic rings. The number of nitrogens with one attached hydrogen (secondary N) is 1. The van der Waals surface area contributed by atoms with Gasteiger partial charge in [-0.05, 0) is 12.1 Å². The molecule has 82 valence electrons. The van der Waals surface area contributed by atoms with Crippen molar-refractivity contribution >= 4 is 17.3 Å². The number of anilines is 1. The summed E-state index contributed by atoms with van der Waals surface area (Å²) in [5.41, 5.74) is 0.635. The highest BCUT2D eigenvalue weighted by Crippen LogP contribution is 2.34. The van der Waals surface area contributed by atoms with Gasteiger partial charge in [0, 0.05) is 17.8 Å². The van der Waals surface area contributed by atoms with Crippen LogP contribution < -0.4 is 5.32 Å². The maximum Gasteiger partial charge on any atom is 0.418 e. The fourth-order valence-corrected chi connectivity index (χ4v) is 1.19. The fraction of sp³-hybridized carbons (Fsp3) is 0.200. The predicted octanol–water partition coefficient (Wildman–Crippen LogP) is 3.87. The van der Waals surface area contributed by atoms with Gasteiger partial charge in [0.2, 0.25) is 0 Å². The minimum atomic E-state index is -4.34. The molecule has 0 unspecified atom stereocenters. The molecule has 0 radical (unpaired) electrons. The van der Waals surface area contributed by atoms with Crippen LogP contribution in [0.4, 0.5) is 18.9 Å². The van der Waals surface area contributed by atoms with Gasteiger partial charge in [-0.1, -0.05) is 29.8 Å². The molecule has 0 atom stereocenters. The molecule has 0 aliphatic carbocycles. The Hall–Kier alpha value is -1.16. The van der Waals surface area contributed by atoms with Crippen LogP contribution in [0.5, 0.6) is 0 Å². The van der Waals surface area contributed by atoms with Crippen molar-refractivity contribution in [3.8, 4) is 0 Å². The molecule has 0 aliphatic heterocycles. The van der Waals surface area contributed by atoms with Crippen LogP contribution in [0.15, 0.2) is 35.9 Å². The molecule has 1 rings (SSSR count). The number of para-hydroxylation sites is 1. The monoisotopic (exact) mass is 235 g/mol. The molecule has 1 aromatic rings. The zero-order valence-corrected chi connectivity index (χ0v) is 8.44. The van der Waals surface area contributed by atoms with Crippen molar-refractivity contribution in [1.29, 1.82) is 0 Å². The van der Waals surface area contributed by atoms with E-state index in [4.69, 9.17) is 11.6 Å². The van der Waals surface area contributed by atoms with Crippen LogP contribution >= 0.6 is 11.6 Å². The van der Waals surface area contributed by atoms with Gasteiger partial charge in [0.25, 0.3) is 0 Å². The lowest BCUT2D eigenvalue weighted by atomic mass is 10.1. The standard InChI is InChI=1S/C10H9ClF3N/c11-6-3-7-15-9-5-2-1-4-8(9)10(12,13)14/h1-6,15H,7H2/b6-3+. The summed E-state index contributed by atoms with van der Waals surface area (Å²) in [6, 6.07) is 5.31. The molecular formula is C10H9ClF3N. The molecule has 0 aromatic heterocycles. The summed E-state index contributed by atoms with van der Waals surface area (Å²) in [4.78, 5) is 0. The third-order valence-electron chi connectivity index (χ3n) is 1.73. The first-order valence-corrected chi connectivity index (χ1v) is 4.64. The third kappa shape index (κ3) is 3.47. The number of alkyl halides is 3. The molecule has 1 nitrogen and oxygen atoms in total. The molecule has 0 bridgehead atoms. The van der Waals surface area contributed by atoms with E-state index in [1.807, 2.05) is 0 Å². The molecule has 0 saturated carbocycles. The van der Waals surface area contributed by atoms with Crippen molar-refractivity contribution in [1.82, 2.24) is 0 Å². The van der Waals surface area contributed by atoms with Gasteiger partial charge in [-0.15, -0.1) is 0 Å². The Kier molecular flexibility index (Phi) is 4.03. The third-order valence-corrected chi connectivity index (χ3v) is 1.91. The van der Waals surface area contributed by atoms with Crippen LogP contribution in [-0.2, 0) is 6.18 Å².